The van der Waals surface area contributed by atoms with Crippen LogP contribution in [0.25, 0.3) is 28.2 Å². The van der Waals surface area contributed by atoms with Gasteiger partial charge in [0.15, 0.2) is 11.5 Å². The average molecular weight is 332 g/mol. The molecular formula is C19H16N4O2. The lowest BCUT2D eigenvalue weighted by Gasteiger charge is -2.19. The highest BCUT2D eigenvalue weighted by Gasteiger charge is 2.21. The molecular weight excluding hydrogens is 316 g/mol. The lowest BCUT2D eigenvalue weighted by molar-refractivity contribution is 0.758. The summed E-state index contributed by atoms with van der Waals surface area (Å²) < 4.78 is 2.83. The minimum atomic E-state index is -0.590. The van der Waals surface area contributed by atoms with Gasteiger partial charge in [0.25, 0.3) is 5.56 Å². The first kappa shape index (κ1) is 15.3. The van der Waals surface area contributed by atoms with Gasteiger partial charge < -0.3 is 0 Å². The van der Waals surface area contributed by atoms with Gasteiger partial charge in [-0.3, -0.25) is 13.9 Å². The molecule has 0 aliphatic carbocycles. The van der Waals surface area contributed by atoms with Gasteiger partial charge in [0, 0.05) is 7.05 Å². The van der Waals surface area contributed by atoms with Gasteiger partial charge >= 0.3 is 5.69 Å². The summed E-state index contributed by atoms with van der Waals surface area (Å²) in [7, 11) is 1.41. The number of aryl methyl sites for hydroxylation is 2. The second kappa shape index (κ2) is 5.37. The minimum absolute atomic E-state index is 0.181. The van der Waals surface area contributed by atoms with Crippen molar-refractivity contribution in [3.63, 3.8) is 0 Å². The topological polar surface area (TPSA) is 69.8 Å². The summed E-state index contributed by atoms with van der Waals surface area (Å²) >= 11 is 0. The molecule has 0 aromatic heterocycles. The van der Waals surface area contributed by atoms with Gasteiger partial charge in [-0.05, 0) is 37.6 Å². The van der Waals surface area contributed by atoms with Crippen LogP contribution >= 0.6 is 0 Å². The molecule has 0 saturated heterocycles. The normalized spacial score (nSPS) is 11.3. The molecule has 0 saturated carbocycles. The van der Waals surface area contributed by atoms with Crippen molar-refractivity contribution in [2.45, 2.75) is 13.8 Å². The molecule has 0 N–H and O–H groups in total. The Bertz CT molecular complexity index is 1220. The summed E-state index contributed by atoms with van der Waals surface area (Å²) in [6.07, 6.45) is 0. The smallest absolute Gasteiger partial charge is 0.290 e. The third-order valence-corrected chi connectivity index (χ3v) is 4.37. The van der Waals surface area contributed by atoms with E-state index in [0.29, 0.717) is 5.52 Å². The van der Waals surface area contributed by atoms with Crippen LogP contribution in [-0.2, 0) is 7.05 Å². The van der Waals surface area contributed by atoms with E-state index in [0.717, 1.165) is 26.9 Å². The highest BCUT2D eigenvalue weighted by atomic mass is 16.2. The third-order valence-electron chi connectivity index (χ3n) is 4.37. The van der Waals surface area contributed by atoms with Crippen molar-refractivity contribution in [1.82, 2.24) is 19.1 Å². The van der Waals surface area contributed by atoms with Crippen LogP contribution in [-0.4, -0.2) is 19.1 Å². The van der Waals surface area contributed by atoms with Gasteiger partial charge in [-0.15, -0.1) is 0 Å². The lowest BCUT2D eigenvalue weighted by Crippen LogP contribution is -2.36. The number of benzene rings is 2. The fourth-order valence-electron chi connectivity index (χ4n) is 3.10. The van der Waals surface area contributed by atoms with Gasteiger partial charge in [-0.2, -0.15) is 4.98 Å². The number of rotatable bonds is 1. The quantitative estimate of drug-likeness (QED) is 0.501. The summed E-state index contributed by atoms with van der Waals surface area (Å²) in [5.74, 6) is 0.277. The highest BCUT2D eigenvalue weighted by Crippen LogP contribution is 2.27. The maximum absolute atomic E-state index is 12.6. The molecule has 2 aliphatic rings. The molecule has 124 valence electrons. The second-order valence-electron chi connectivity index (χ2n) is 6.16. The van der Waals surface area contributed by atoms with E-state index in [1.54, 1.807) is 0 Å². The number of fused-ring (bicyclic) bond motifs is 2. The van der Waals surface area contributed by atoms with Crippen LogP contribution in [0, 0.1) is 13.8 Å². The predicted molar refractivity (Wildman–Crippen MR) is 96.5 cm³/mol. The zero-order valence-electron chi connectivity index (χ0n) is 14.1. The minimum Gasteiger partial charge on any atom is -0.290 e. The monoisotopic (exact) mass is 332 g/mol. The number of nitrogens with zero attached hydrogens (tertiary/aromatic N) is 4. The van der Waals surface area contributed by atoms with Crippen molar-refractivity contribution in [2.75, 3.05) is 0 Å². The Morgan fingerprint density at radius 2 is 1.72 bits per heavy atom. The third kappa shape index (κ3) is 2.26. The van der Waals surface area contributed by atoms with E-state index in [4.69, 9.17) is 0 Å². The molecule has 2 aliphatic heterocycles. The predicted octanol–water partition coefficient (Wildman–Crippen LogP) is 2.20. The van der Waals surface area contributed by atoms with Crippen LogP contribution in [0.3, 0.4) is 0 Å². The molecule has 0 fully saturated rings. The summed E-state index contributed by atoms with van der Waals surface area (Å²) in [5.41, 5.74) is 3.65. The highest BCUT2D eigenvalue weighted by molar-refractivity contribution is 5.82. The largest absolute Gasteiger partial charge is 0.352 e. The second-order valence-corrected chi connectivity index (χ2v) is 6.16. The fraction of sp³-hybridized carbons (Fsp3) is 0.158. The molecule has 2 aromatic carbocycles. The maximum atomic E-state index is 12.6. The van der Waals surface area contributed by atoms with Gasteiger partial charge in [-0.1, -0.05) is 29.8 Å². The van der Waals surface area contributed by atoms with E-state index in [-0.39, 0.29) is 11.5 Å². The van der Waals surface area contributed by atoms with Crippen molar-refractivity contribution in [1.29, 1.82) is 0 Å². The molecule has 25 heavy (non-hydrogen) atoms. The molecule has 0 amide bonds. The first-order valence-corrected chi connectivity index (χ1v) is 7.93. The van der Waals surface area contributed by atoms with Gasteiger partial charge in [0.05, 0.1) is 16.7 Å². The van der Waals surface area contributed by atoms with Crippen LogP contribution in [0.2, 0.25) is 0 Å². The summed E-state index contributed by atoms with van der Waals surface area (Å²) in [5, 5.41) is 0. The first-order chi connectivity index (χ1) is 12.0. The molecule has 0 spiro atoms. The van der Waals surface area contributed by atoms with Crippen LogP contribution in [0.1, 0.15) is 11.1 Å². The first-order valence-electron chi connectivity index (χ1n) is 7.93. The standard InChI is InChI=1S/C19H16N4O2/c1-11-8-9-14(12(2)10-11)23-15-7-5-4-6-13(15)20-16-17(23)21-19(25)22(3)18(16)24/h4-10H,1-3H3. The van der Waals surface area contributed by atoms with Crippen molar-refractivity contribution < 1.29 is 0 Å². The van der Waals surface area contributed by atoms with Crippen LogP contribution < -0.4 is 11.2 Å². The summed E-state index contributed by atoms with van der Waals surface area (Å²) in [4.78, 5) is 33.3. The van der Waals surface area contributed by atoms with E-state index in [9.17, 15) is 9.59 Å². The molecule has 4 rings (SSSR count). The summed E-state index contributed by atoms with van der Waals surface area (Å²) in [6.45, 7) is 4.02. The van der Waals surface area contributed by atoms with Crippen molar-refractivity contribution in [2.24, 2.45) is 7.05 Å². The Labute approximate surface area is 143 Å². The van der Waals surface area contributed by atoms with Crippen molar-refractivity contribution >= 4 is 11.0 Å². The molecule has 2 heterocycles. The number of para-hydroxylation sites is 2. The Morgan fingerprint density at radius 3 is 2.48 bits per heavy atom. The van der Waals surface area contributed by atoms with E-state index in [1.165, 1.54) is 7.05 Å². The molecule has 6 heteroatoms. The zero-order valence-corrected chi connectivity index (χ0v) is 14.1. The molecule has 6 nitrogen and oxygen atoms in total. The fourth-order valence-corrected chi connectivity index (χ4v) is 3.10. The number of hydrogen-bond acceptors (Lipinski definition) is 4. The van der Waals surface area contributed by atoms with E-state index in [1.807, 2.05) is 54.8 Å². The zero-order chi connectivity index (χ0) is 17.7. The van der Waals surface area contributed by atoms with Crippen LogP contribution in [0.15, 0.2) is 52.1 Å². The summed E-state index contributed by atoms with van der Waals surface area (Å²) in [6, 6.07) is 13.5. The molecule has 0 radical (unpaired) electrons. The van der Waals surface area contributed by atoms with Gasteiger partial charge in [-0.25, -0.2) is 9.78 Å². The Kier molecular flexibility index (Phi) is 3.28. The van der Waals surface area contributed by atoms with E-state index >= 15 is 0 Å². The molecule has 0 unspecified atom stereocenters. The Morgan fingerprint density at radius 1 is 0.960 bits per heavy atom. The molecule has 2 aromatic rings. The molecule has 0 bridgehead atoms. The Hall–Kier alpha value is -3.28. The molecule has 0 atom stereocenters. The SMILES string of the molecule is Cc1ccc(-n2c3nc(=O)n(C)c(=O)c-3nc3ccccc32)c(C)c1. The number of aromatic nitrogens is 4. The van der Waals surface area contributed by atoms with Crippen LogP contribution in [0.5, 0.6) is 0 Å². The van der Waals surface area contributed by atoms with Crippen molar-refractivity contribution in [3.05, 3.63) is 74.4 Å². The van der Waals surface area contributed by atoms with Crippen molar-refractivity contribution in [3.8, 4) is 17.2 Å². The van der Waals surface area contributed by atoms with E-state index < -0.39 is 11.2 Å². The van der Waals surface area contributed by atoms with E-state index in [2.05, 4.69) is 16.0 Å². The van der Waals surface area contributed by atoms with Crippen LogP contribution in [0.4, 0.5) is 0 Å². The van der Waals surface area contributed by atoms with Gasteiger partial charge in [0.1, 0.15) is 0 Å². The lowest BCUT2D eigenvalue weighted by atomic mass is 10.1. The average Bonchev–Trinajstić information content (AvgIpc) is 2.59. The Balaban J connectivity index is 2.27. The van der Waals surface area contributed by atoms with Gasteiger partial charge in [0.2, 0.25) is 0 Å². The number of hydrogen-bond donors (Lipinski definition) is 0. The maximum Gasteiger partial charge on any atom is 0.352 e.